The summed E-state index contributed by atoms with van der Waals surface area (Å²) in [4.78, 5) is 2.56. The summed E-state index contributed by atoms with van der Waals surface area (Å²) in [5, 5.41) is 0. The molecular weight excluding hydrogens is 188 g/mol. The molecule has 0 spiro atoms. The van der Waals surface area contributed by atoms with Crippen LogP contribution in [0, 0.1) is 0 Å². The molecule has 1 atom stereocenters. The summed E-state index contributed by atoms with van der Waals surface area (Å²) in [6.07, 6.45) is 7.53. The van der Waals surface area contributed by atoms with Crippen LogP contribution < -0.4 is 5.73 Å². The van der Waals surface area contributed by atoms with Gasteiger partial charge in [-0.3, -0.25) is 0 Å². The van der Waals surface area contributed by atoms with Crippen LogP contribution in [0.1, 0.15) is 38.5 Å². The molecule has 3 heteroatoms. The van der Waals surface area contributed by atoms with Gasteiger partial charge in [0.1, 0.15) is 0 Å². The van der Waals surface area contributed by atoms with E-state index in [-0.39, 0.29) is 5.54 Å². The maximum Gasteiger partial charge on any atom is 0.0646 e. The summed E-state index contributed by atoms with van der Waals surface area (Å²) >= 11 is 0. The molecule has 2 heterocycles. The molecule has 88 valence electrons. The Hall–Kier alpha value is -0.120. The maximum absolute atomic E-state index is 6.32. The average molecular weight is 212 g/mol. The van der Waals surface area contributed by atoms with Gasteiger partial charge in [-0.15, -0.1) is 0 Å². The minimum Gasteiger partial charge on any atom is -0.380 e. The lowest BCUT2D eigenvalue weighted by atomic mass is 9.90. The Kier molecular flexibility index (Phi) is 4.00. The van der Waals surface area contributed by atoms with Crippen LogP contribution in [-0.2, 0) is 4.74 Å². The highest BCUT2D eigenvalue weighted by molar-refractivity contribution is 4.87. The van der Waals surface area contributed by atoms with Crippen LogP contribution in [0.3, 0.4) is 0 Å². The molecule has 0 aromatic carbocycles. The molecule has 2 fully saturated rings. The van der Waals surface area contributed by atoms with Gasteiger partial charge >= 0.3 is 0 Å². The fourth-order valence-electron chi connectivity index (χ4n) is 2.63. The summed E-state index contributed by atoms with van der Waals surface area (Å²) in [6, 6.07) is 0. The van der Waals surface area contributed by atoms with Crippen LogP contribution in [0.4, 0.5) is 0 Å². The first-order valence-electron chi connectivity index (χ1n) is 6.38. The third-order valence-electron chi connectivity index (χ3n) is 3.73. The van der Waals surface area contributed by atoms with Crippen molar-refractivity contribution < 1.29 is 4.74 Å². The van der Waals surface area contributed by atoms with E-state index in [0.29, 0.717) is 0 Å². The normalized spacial score (nSPS) is 34.2. The molecule has 0 saturated carbocycles. The molecule has 3 nitrogen and oxygen atoms in total. The first-order valence-corrected chi connectivity index (χ1v) is 6.38. The zero-order valence-corrected chi connectivity index (χ0v) is 9.71. The topological polar surface area (TPSA) is 38.5 Å². The van der Waals surface area contributed by atoms with Crippen molar-refractivity contribution in [2.45, 2.75) is 44.1 Å². The number of hydrogen-bond acceptors (Lipinski definition) is 3. The van der Waals surface area contributed by atoms with Crippen molar-refractivity contribution in [2.24, 2.45) is 5.73 Å². The number of likely N-dealkylation sites (tertiary alicyclic amines) is 1. The molecule has 0 aromatic heterocycles. The Morgan fingerprint density at radius 1 is 1.13 bits per heavy atom. The minimum absolute atomic E-state index is 0.0320. The molecule has 2 aliphatic heterocycles. The van der Waals surface area contributed by atoms with Gasteiger partial charge in [-0.05, 0) is 51.7 Å². The predicted molar refractivity (Wildman–Crippen MR) is 61.9 cm³/mol. The van der Waals surface area contributed by atoms with Gasteiger partial charge in [-0.25, -0.2) is 0 Å². The number of hydrogen-bond donors (Lipinski definition) is 1. The van der Waals surface area contributed by atoms with Crippen molar-refractivity contribution in [1.29, 1.82) is 0 Å². The van der Waals surface area contributed by atoms with E-state index >= 15 is 0 Å². The second-order valence-corrected chi connectivity index (χ2v) is 5.17. The second-order valence-electron chi connectivity index (χ2n) is 5.17. The fourth-order valence-corrected chi connectivity index (χ4v) is 2.63. The summed E-state index contributed by atoms with van der Waals surface area (Å²) in [7, 11) is 0. The van der Waals surface area contributed by atoms with E-state index in [0.717, 1.165) is 32.5 Å². The zero-order chi connectivity index (χ0) is 10.6. The smallest absolute Gasteiger partial charge is 0.0646 e. The number of ether oxygens (including phenoxy) is 1. The first kappa shape index (κ1) is 11.4. The van der Waals surface area contributed by atoms with Crippen molar-refractivity contribution in [2.75, 3.05) is 32.8 Å². The third-order valence-corrected chi connectivity index (χ3v) is 3.73. The number of nitrogens with zero attached hydrogens (tertiary/aromatic N) is 1. The predicted octanol–water partition coefficient (Wildman–Crippen LogP) is 1.37. The molecule has 2 rings (SSSR count). The van der Waals surface area contributed by atoms with Gasteiger partial charge in [0.15, 0.2) is 0 Å². The van der Waals surface area contributed by atoms with Gasteiger partial charge in [0.05, 0.1) is 6.61 Å². The molecule has 0 radical (unpaired) electrons. The SMILES string of the molecule is NC1(CCN2CCCCC2)CCCOC1. The van der Waals surface area contributed by atoms with E-state index in [1.165, 1.54) is 38.9 Å². The Morgan fingerprint density at radius 3 is 2.60 bits per heavy atom. The molecular formula is C12H24N2O. The van der Waals surface area contributed by atoms with Crippen molar-refractivity contribution in [1.82, 2.24) is 4.90 Å². The van der Waals surface area contributed by atoms with Crippen molar-refractivity contribution in [3.8, 4) is 0 Å². The van der Waals surface area contributed by atoms with Gasteiger partial charge in [-0.1, -0.05) is 6.42 Å². The Morgan fingerprint density at radius 2 is 1.93 bits per heavy atom. The van der Waals surface area contributed by atoms with Gasteiger partial charge in [0, 0.05) is 12.1 Å². The van der Waals surface area contributed by atoms with E-state index in [9.17, 15) is 0 Å². The van der Waals surface area contributed by atoms with E-state index < -0.39 is 0 Å². The number of rotatable bonds is 3. The highest BCUT2D eigenvalue weighted by atomic mass is 16.5. The minimum atomic E-state index is -0.0320. The van der Waals surface area contributed by atoms with E-state index in [1.807, 2.05) is 0 Å². The molecule has 0 aromatic rings. The third kappa shape index (κ3) is 3.44. The molecule has 2 N–H and O–H groups in total. The summed E-state index contributed by atoms with van der Waals surface area (Å²) in [5.41, 5.74) is 6.29. The van der Waals surface area contributed by atoms with Gasteiger partial charge in [0.25, 0.3) is 0 Å². The van der Waals surface area contributed by atoms with Crippen LogP contribution in [-0.4, -0.2) is 43.3 Å². The standard InChI is InChI=1S/C12H24N2O/c13-12(5-4-10-15-11-12)6-9-14-7-2-1-3-8-14/h1-11,13H2. The summed E-state index contributed by atoms with van der Waals surface area (Å²) < 4.78 is 5.48. The number of piperidine rings is 1. The molecule has 0 bridgehead atoms. The van der Waals surface area contributed by atoms with E-state index in [4.69, 9.17) is 10.5 Å². The maximum atomic E-state index is 6.32. The van der Waals surface area contributed by atoms with Crippen LogP contribution in [0.2, 0.25) is 0 Å². The monoisotopic (exact) mass is 212 g/mol. The zero-order valence-electron chi connectivity index (χ0n) is 9.71. The highest BCUT2D eigenvalue weighted by Gasteiger charge is 2.28. The molecule has 0 aliphatic carbocycles. The number of nitrogens with two attached hydrogens (primary N) is 1. The fraction of sp³-hybridized carbons (Fsp3) is 1.00. The molecule has 1 unspecified atom stereocenters. The lowest BCUT2D eigenvalue weighted by Crippen LogP contribution is -2.49. The lowest BCUT2D eigenvalue weighted by Gasteiger charge is -2.36. The van der Waals surface area contributed by atoms with E-state index in [1.54, 1.807) is 0 Å². The first-order chi connectivity index (χ1) is 7.29. The quantitative estimate of drug-likeness (QED) is 0.768. The van der Waals surface area contributed by atoms with Crippen LogP contribution in [0.25, 0.3) is 0 Å². The molecule has 2 aliphatic rings. The largest absolute Gasteiger partial charge is 0.380 e. The van der Waals surface area contributed by atoms with Gasteiger partial charge in [-0.2, -0.15) is 0 Å². The molecule has 0 amide bonds. The van der Waals surface area contributed by atoms with Gasteiger partial charge < -0.3 is 15.4 Å². The van der Waals surface area contributed by atoms with Crippen LogP contribution in [0.15, 0.2) is 0 Å². The molecule has 15 heavy (non-hydrogen) atoms. The Balaban J connectivity index is 1.70. The average Bonchev–Trinajstić information content (AvgIpc) is 2.29. The van der Waals surface area contributed by atoms with Crippen molar-refractivity contribution >= 4 is 0 Å². The summed E-state index contributed by atoms with van der Waals surface area (Å²) in [5.74, 6) is 0. The highest BCUT2D eigenvalue weighted by Crippen LogP contribution is 2.21. The Labute approximate surface area is 93.0 Å². The van der Waals surface area contributed by atoms with E-state index in [2.05, 4.69) is 4.90 Å². The molecule has 2 saturated heterocycles. The van der Waals surface area contributed by atoms with Gasteiger partial charge in [0.2, 0.25) is 0 Å². The van der Waals surface area contributed by atoms with Crippen molar-refractivity contribution in [3.05, 3.63) is 0 Å². The Bertz CT molecular complexity index is 184. The van der Waals surface area contributed by atoms with Crippen LogP contribution in [0.5, 0.6) is 0 Å². The lowest BCUT2D eigenvalue weighted by molar-refractivity contribution is 0.0290. The van der Waals surface area contributed by atoms with Crippen molar-refractivity contribution in [3.63, 3.8) is 0 Å². The summed E-state index contributed by atoms with van der Waals surface area (Å²) in [6.45, 7) is 5.39. The second kappa shape index (κ2) is 5.28. The van der Waals surface area contributed by atoms with Crippen LogP contribution >= 0.6 is 0 Å².